The lowest BCUT2D eigenvalue weighted by molar-refractivity contribution is -0.143. The maximum absolute atomic E-state index is 14.0. The number of hydrogen-bond donors (Lipinski definition) is 5. The smallest absolute Gasteiger partial charge is 0.417 e. The van der Waals surface area contributed by atoms with E-state index >= 15 is 0 Å². The molecule has 2 aromatic rings. The molecule has 4 atom stereocenters. The fourth-order valence-electron chi connectivity index (χ4n) is 5.15. The van der Waals surface area contributed by atoms with Crippen molar-refractivity contribution in [3.63, 3.8) is 0 Å². The molecule has 2 heterocycles. The van der Waals surface area contributed by atoms with Crippen LogP contribution in [0.1, 0.15) is 48.5 Å². The number of ketones is 1. The van der Waals surface area contributed by atoms with E-state index in [1.165, 1.54) is 0 Å². The average Bonchev–Trinajstić information content (AvgIpc) is 3.52. The van der Waals surface area contributed by atoms with Crippen LogP contribution in [0, 0.1) is 5.41 Å². The maximum Gasteiger partial charge on any atom is 0.417 e. The van der Waals surface area contributed by atoms with Crippen molar-refractivity contribution < 1.29 is 33.8 Å². The second-order valence-electron chi connectivity index (χ2n) is 10.0. The zero-order valence-corrected chi connectivity index (χ0v) is 22.6. The summed E-state index contributed by atoms with van der Waals surface area (Å²) in [4.78, 5) is 52.7. The average molecular weight is 566 g/mol. The number of aliphatic carboxylic acids is 1. The number of hydrogen-bond acceptors (Lipinski definition) is 8. The highest BCUT2D eigenvalue weighted by Gasteiger charge is 2.40. The van der Waals surface area contributed by atoms with Crippen LogP contribution in [-0.2, 0) is 36.9 Å². The van der Waals surface area contributed by atoms with E-state index in [0.29, 0.717) is 30.5 Å². The molecule has 4 rings (SSSR count). The quantitative estimate of drug-likeness (QED) is 0.200. The van der Waals surface area contributed by atoms with Crippen LogP contribution in [0.15, 0.2) is 54.6 Å². The van der Waals surface area contributed by atoms with Crippen LogP contribution in [0.4, 0.5) is 4.79 Å². The molecule has 0 spiro atoms. The van der Waals surface area contributed by atoms with Crippen LogP contribution in [-0.4, -0.2) is 71.0 Å². The summed E-state index contributed by atoms with van der Waals surface area (Å²) in [7, 11) is 0. The van der Waals surface area contributed by atoms with Gasteiger partial charge in [-0.1, -0.05) is 54.6 Å². The van der Waals surface area contributed by atoms with Gasteiger partial charge in [0.1, 0.15) is 24.8 Å². The van der Waals surface area contributed by atoms with E-state index in [9.17, 15) is 24.3 Å². The number of carbonyl (C=O) groups is 4. The van der Waals surface area contributed by atoms with Crippen molar-refractivity contribution in [1.82, 2.24) is 15.5 Å². The molecule has 6 N–H and O–H groups in total. The molecule has 218 valence electrons. The molecular formula is C29H35N5O7. The van der Waals surface area contributed by atoms with Gasteiger partial charge in [-0.05, 0) is 55.3 Å². The van der Waals surface area contributed by atoms with E-state index in [4.69, 9.17) is 20.6 Å². The Balaban J connectivity index is 1.58. The number of guanidine groups is 1. The van der Waals surface area contributed by atoms with Crippen molar-refractivity contribution in [3.8, 4) is 0 Å². The fraction of sp³-hybridized carbons (Fsp3) is 0.414. The van der Waals surface area contributed by atoms with Crippen molar-refractivity contribution >= 4 is 29.7 Å². The highest BCUT2D eigenvalue weighted by atomic mass is 16.6. The number of nitrogens with zero attached hydrogens (tertiary/aromatic N) is 1. The first-order valence-electron chi connectivity index (χ1n) is 13.6. The minimum absolute atomic E-state index is 0.130. The van der Waals surface area contributed by atoms with Gasteiger partial charge in [0.15, 0.2) is 11.7 Å². The van der Waals surface area contributed by atoms with Crippen molar-refractivity contribution in [2.75, 3.05) is 13.2 Å². The fourth-order valence-corrected chi connectivity index (χ4v) is 5.15. The lowest BCUT2D eigenvalue weighted by Crippen LogP contribution is -2.54. The van der Waals surface area contributed by atoms with Crippen LogP contribution in [0.5, 0.6) is 0 Å². The molecule has 2 aliphatic rings. The van der Waals surface area contributed by atoms with E-state index < -0.39 is 53.9 Å². The van der Waals surface area contributed by atoms with E-state index in [1.54, 1.807) is 36.4 Å². The number of nitrogens with two attached hydrogens (primary N) is 1. The second-order valence-corrected chi connectivity index (χ2v) is 10.0. The number of carbonyl (C=O) groups excluding carboxylic acids is 3. The number of carboxylic acids is 1. The molecule has 2 unspecified atom stereocenters. The monoisotopic (exact) mass is 565 g/mol. The number of benzene rings is 2. The second kappa shape index (κ2) is 13.9. The molecule has 12 heteroatoms. The van der Waals surface area contributed by atoms with Gasteiger partial charge in [0.2, 0.25) is 5.91 Å². The zero-order chi connectivity index (χ0) is 29.4. The van der Waals surface area contributed by atoms with Crippen molar-refractivity contribution in [3.05, 3.63) is 71.3 Å². The largest absolute Gasteiger partial charge is 0.480 e. The van der Waals surface area contributed by atoms with Crippen LogP contribution in [0.3, 0.4) is 0 Å². The van der Waals surface area contributed by atoms with E-state index in [-0.39, 0.29) is 26.1 Å². The highest BCUT2D eigenvalue weighted by molar-refractivity contribution is 6.00. The van der Waals surface area contributed by atoms with E-state index in [0.717, 1.165) is 16.9 Å². The summed E-state index contributed by atoms with van der Waals surface area (Å²) >= 11 is 0. The molecule has 2 aliphatic heterocycles. The topological polar surface area (TPSA) is 184 Å². The Morgan fingerprint density at radius 3 is 2.54 bits per heavy atom. The normalized spacial score (nSPS) is 19.3. The first-order valence-corrected chi connectivity index (χ1v) is 13.6. The van der Waals surface area contributed by atoms with Gasteiger partial charge in [0.05, 0.1) is 12.6 Å². The standard InChI is InChI=1S/C29H35N5O7/c30-28(31)34(29(39)41-17-18-7-2-1-3-8-18)23(24(35)25-20-10-5-4-9-19(20)14-16-40-25)13-12-22(27(37)38)33-26(36)21-11-6-15-32-21/h1-5,7-10,21-23,25,32H,6,11-17H2,(H3,30,31)(H,33,36)(H,37,38)/t21-,22-,23?,25?/m0/s1. The summed E-state index contributed by atoms with van der Waals surface area (Å²) in [5.74, 6) is -3.05. The molecular weight excluding hydrogens is 530 g/mol. The minimum Gasteiger partial charge on any atom is -0.480 e. The lowest BCUT2D eigenvalue weighted by Gasteiger charge is -2.33. The molecule has 0 saturated carbocycles. The number of ether oxygens (including phenoxy) is 2. The van der Waals surface area contributed by atoms with Gasteiger partial charge >= 0.3 is 12.1 Å². The molecule has 0 aliphatic carbocycles. The van der Waals surface area contributed by atoms with Crippen LogP contribution < -0.4 is 16.4 Å². The van der Waals surface area contributed by atoms with Crippen LogP contribution in [0.25, 0.3) is 0 Å². The number of fused-ring (bicyclic) bond motifs is 1. The molecule has 0 radical (unpaired) electrons. The predicted octanol–water partition coefficient (Wildman–Crippen LogP) is 1.87. The molecule has 1 fully saturated rings. The van der Waals surface area contributed by atoms with Crippen molar-refractivity contribution in [2.24, 2.45) is 5.73 Å². The van der Waals surface area contributed by atoms with Crippen LogP contribution in [0.2, 0.25) is 0 Å². The Morgan fingerprint density at radius 1 is 1.12 bits per heavy atom. The molecule has 41 heavy (non-hydrogen) atoms. The number of amides is 2. The zero-order valence-electron chi connectivity index (χ0n) is 22.6. The van der Waals surface area contributed by atoms with Gasteiger partial charge in [-0.3, -0.25) is 15.0 Å². The third-order valence-corrected chi connectivity index (χ3v) is 7.27. The van der Waals surface area contributed by atoms with Gasteiger partial charge in [-0.15, -0.1) is 0 Å². The number of rotatable bonds is 11. The first kappa shape index (κ1) is 29.7. The molecule has 2 amide bonds. The third-order valence-electron chi connectivity index (χ3n) is 7.27. The lowest BCUT2D eigenvalue weighted by atomic mass is 9.90. The Labute approximate surface area is 237 Å². The Hall–Kier alpha value is -4.29. The molecule has 2 aromatic carbocycles. The summed E-state index contributed by atoms with van der Waals surface area (Å²) in [5.41, 5.74) is 8.05. The Bertz CT molecular complexity index is 1270. The molecule has 0 aromatic heterocycles. The van der Waals surface area contributed by atoms with Gasteiger partial charge in [0, 0.05) is 0 Å². The number of carboxylic acid groups (broad SMARTS) is 1. The van der Waals surface area contributed by atoms with E-state index in [2.05, 4.69) is 10.6 Å². The minimum atomic E-state index is -1.39. The van der Waals surface area contributed by atoms with Gasteiger partial charge < -0.3 is 30.9 Å². The SMILES string of the molecule is N=C(N)N(C(=O)OCc1ccccc1)C(CC[C@H](NC(=O)[C@@H]1CCCN1)C(=O)O)C(=O)C1OCCc2ccccc21. The summed E-state index contributed by atoms with van der Waals surface area (Å²) in [6.07, 6.45) is -0.548. The van der Waals surface area contributed by atoms with E-state index in [1.807, 2.05) is 18.2 Å². The Morgan fingerprint density at radius 2 is 1.85 bits per heavy atom. The third kappa shape index (κ3) is 7.47. The predicted molar refractivity (Wildman–Crippen MR) is 148 cm³/mol. The number of nitrogens with one attached hydrogen (secondary N) is 3. The van der Waals surface area contributed by atoms with Crippen LogP contribution >= 0.6 is 0 Å². The molecule has 12 nitrogen and oxygen atoms in total. The summed E-state index contributed by atoms with van der Waals surface area (Å²) < 4.78 is 11.2. The molecule has 0 bridgehead atoms. The summed E-state index contributed by atoms with van der Waals surface area (Å²) in [6, 6.07) is 12.9. The first-order chi connectivity index (χ1) is 19.8. The Kier molecular flexibility index (Phi) is 10.0. The summed E-state index contributed by atoms with van der Waals surface area (Å²) in [5, 5.41) is 23.6. The van der Waals surface area contributed by atoms with Gasteiger partial charge in [0.25, 0.3) is 0 Å². The number of Topliss-reactive ketones (excluding diaryl/α,β-unsaturated/α-hetero) is 1. The molecule has 1 saturated heterocycles. The maximum atomic E-state index is 14.0. The summed E-state index contributed by atoms with van der Waals surface area (Å²) in [6.45, 7) is 0.796. The van der Waals surface area contributed by atoms with Crippen molar-refractivity contribution in [2.45, 2.75) is 62.9 Å². The van der Waals surface area contributed by atoms with Gasteiger partial charge in [-0.2, -0.15) is 0 Å². The highest BCUT2D eigenvalue weighted by Crippen LogP contribution is 2.31. The van der Waals surface area contributed by atoms with Gasteiger partial charge in [-0.25, -0.2) is 14.5 Å². The van der Waals surface area contributed by atoms with Crippen molar-refractivity contribution in [1.29, 1.82) is 5.41 Å².